The first-order valence-electron chi connectivity index (χ1n) is 6.08. The number of anilines is 1. The zero-order valence-corrected chi connectivity index (χ0v) is 10.9. The van der Waals surface area contributed by atoms with E-state index in [0.717, 1.165) is 6.54 Å². The Bertz CT molecular complexity index is 408. The molecule has 1 aromatic carbocycles. The lowest BCUT2D eigenvalue weighted by Crippen LogP contribution is -2.31. The molecule has 0 radical (unpaired) electrons. The number of hydrogen-bond donors (Lipinski definition) is 2. The lowest BCUT2D eigenvalue weighted by atomic mass is 10.1. The van der Waals surface area contributed by atoms with Crippen molar-refractivity contribution in [1.82, 2.24) is 5.32 Å². The lowest BCUT2D eigenvalue weighted by molar-refractivity contribution is -0.115. The normalized spacial score (nSPS) is 18.8. The summed E-state index contributed by atoms with van der Waals surface area (Å²) >= 11 is 1.96. The Kier molecular flexibility index (Phi) is 5.01. The van der Waals surface area contributed by atoms with E-state index in [9.17, 15) is 9.18 Å². The molecule has 0 aromatic heterocycles. The fourth-order valence-electron chi connectivity index (χ4n) is 1.91. The number of benzene rings is 1. The number of thioether (sulfide) groups is 1. The molecule has 1 atom stereocenters. The molecule has 18 heavy (non-hydrogen) atoms. The number of carbonyl (C=O) groups excluding carboxylic acids is 1. The smallest absolute Gasteiger partial charge is 0.238 e. The van der Waals surface area contributed by atoms with Gasteiger partial charge < -0.3 is 10.6 Å². The van der Waals surface area contributed by atoms with Crippen molar-refractivity contribution in [3.05, 3.63) is 30.1 Å². The molecule has 2 N–H and O–H groups in total. The molecule has 3 nitrogen and oxygen atoms in total. The Morgan fingerprint density at radius 2 is 2.39 bits per heavy atom. The van der Waals surface area contributed by atoms with Gasteiger partial charge in [0.1, 0.15) is 5.82 Å². The first-order chi connectivity index (χ1) is 8.74. The van der Waals surface area contributed by atoms with Crippen molar-refractivity contribution in [3.8, 4) is 0 Å². The van der Waals surface area contributed by atoms with Crippen molar-refractivity contribution in [2.75, 3.05) is 29.9 Å². The minimum Gasteiger partial charge on any atom is -0.325 e. The largest absolute Gasteiger partial charge is 0.325 e. The number of nitrogens with one attached hydrogen (secondary N) is 2. The molecule has 0 saturated carbocycles. The van der Waals surface area contributed by atoms with E-state index in [1.54, 1.807) is 12.1 Å². The number of rotatable bonds is 5. The van der Waals surface area contributed by atoms with Gasteiger partial charge in [0.05, 0.1) is 6.54 Å². The summed E-state index contributed by atoms with van der Waals surface area (Å²) in [4.78, 5) is 11.6. The van der Waals surface area contributed by atoms with Crippen LogP contribution in [-0.2, 0) is 4.79 Å². The number of hydrogen-bond acceptors (Lipinski definition) is 3. The van der Waals surface area contributed by atoms with Crippen LogP contribution in [0.2, 0.25) is 0 Å². The molecule has 1 saturated heterocycles. The van der Waals surface area contributed by atoms with Crippen molar-refractivity contribution < 1.29 is 9.18 Å². The Hall–Kier alpha value is -1.07. The van der Waals surface area contributed by atoms with Gasteiger partial charge in [-0.25, -0.2) is 4.39 Å². The minimum atomic E-state index is -0.344. The van der Waals surface area contributed by atoms with Crippen molar-refractivity contribution in [2.24, 2.45) is 5.92 Å². The summed E-state index contributed by atoms with van der Waals surface area (Å²) in [6, 6.07) is 5.92. The highest BCUT2D eigenvalue weighted by Crippen LogP contribution is 2.22. The van der Waals surface area contributed by atoms with Crippen molar-refractivity contribution in [1.29, 1.82) is 0 Å². The average Bonchev–Trinajstić information content (AvgIpc) is 2.82. The van der Waals surface area contributed by atoms with E-state index in [-0.39, 0.29) is 18.3 Å². The lowest BCUT2D eigenvalue weighted by Gasteiger charge is -2.10. The molecule has 1 heterocycles. The molecule has 2 rings (SSSR count). The van der Waals surface area contributed by atoms with Gasteiger partial charge in [-0.05, 0) is 48.6 Å². The highest BCUT2D eigenvalue weighted by molar-refractivity contribution is 7.99. The number of carbonyl (C=O) groups is 1. The maximum absolute atomic E-state index is 12.9. The summed E-state index contributed by atoms with van der Waals surface area (Å²) in [6.45, 7) is 1.15. The summed E-state index contributed by atoms with van der Waals surface area (Å²) in [5, 5.41) is 5.80. The van der Waals surface area contributed by atoms with E-state index in [1.165, 1.54) is 30.1 Å². The quantitative estimate of drug-likeness (QED) is 0.859. The van der Waals surface area contributed by atoms with Gasteiger partial charge in [0.2, 0.25) is 5.91 Å². The van der Waals surface area contributed by atoms with Crippen LogP contribution in [0.4, 0.5) is 10.1 Å². The predicted octanol–water partition coefficient (Wildman–Crippen LogP) is 2.11. The van der Waals surface area contributed by atoms with E-state index in [1.807, 2.05) is 11.8 Å². The molecule has 0 aliphatic carbocycles. The summed E-state index contributed by atoms with van der Waals surface area (Å²) < 4.78 is 12.9. The van der Waals surface area contributed by atoms with Gasteiger partial charge in [0, 0.05) is 5.69 Å². The summed E-state index contributed by atoms with van der Waals surface area (Å²) in [7, 11) is 0. The molecule has 1 aliphatic heterocycles. The van der Waals surface area contributed by atoms with Crippen LogP contribution in [0.3, 0.4) is 0 Å². The Morgan fingerprint density at radius 3 is 3.11 bits per heavy atom. The molecule has 0 spiro atoms. The standard InChI is InChI=1S/C13H17FN2OS/c14-11-2-1-3-12(6-11)16-13(17)8-15-7-10-4-5-18-9-10/h1-3,6,10,15H,4-5,7-9H2,(H,16,17). The van der Waals surface area contributed by atoms with Gasteiger partial charge in [0.25, 0.3) is 0 Å². The Balaban J connectivity index is 1.68. The zero-order chi connectivity index (χ0) is 12.8. The molecule has 1 unspecified atom stereocenters. The van der Waals surface area contributed by atoms with Crippen LogP contribution in [-0.4, -0.2) is 30.5 Å². The van der Waals surface area contributed by atoms with Crippen LogP contribution in [0.15, 0.2) is 24.3 Å². The van der Waals surface area contributed by atoms with E-state index in [2.05, 4.69) is 10.6 Å². The van der Waals surface area contributed by atoms with E-state index in [0.29, 0.717) is 11.6 Å². The van der Waals surface area contributed by atoms with Crippen LogP contribution < -0.4 is 10.6 Å². The highest BCUT2D eigenvalue weighted by atomic mass is 32.2. The van der Waals surface area contributed by atoms with Gasteiger partial charge >= 0.3 is 0 Å². The second-order valence-corrected chi connectivity index (χ2v) is 5.57. The van der Waals surface area contributed by atoms with Crippen molar-refractivity contribution in [3.63, 3.8) is 0 Å². The monoisotopic (exact) mass is 268 g/mol. The SMILES string of the molecule is O=C(CNCC1CCSC1)Nc1cccc(F)c1. The summed E-state index contributed by atoms with van der Waals surface area (Å²) in [5.74, 6) is 2.60. The van der Waals surface area contributed by atoms with Crippen molar-refractivity contribution >= 4 is 23.4 Å². The maximum Gasteiger partial charge on any atom is 0.238 e. The fraction of sp³-hybridized carbons (Fsp3) is 0.462. The Labute approximate surface area is 111 Å². The van der Waals surface area contributed by atoms with E-state index < -0.39 is 0 Å². The molecule has 5 heteroatoms. The van der Waals surface area contributed by atoms with Gasteiger partial charge in [0.15, 0.2) is 0 Å². The molecule has 98 valence electrons. The second-order valence-electron chi connectivity index (χ2n) is 4.42. The zero-order valence-electron chi connectivity index (χ0n) is 10.1. The van der Waals surface area contributed by atoms with Gasteiger partial charge in [-0.1, -0.05) is 6.07 Å². The summed E-state index contributed by atoms with van der Waals surface area (Å²) in [6.07, 6.45) is 1.23. The number of halogens is 1. The first-order valence-corrected chi connectivity index (χ1v) is 7.23. The van der Waals surface area contributed by atoms with E-state index in [4.69, 9.17) is 0 Å². The van der Waals surface area contributed by atoms with Crippen LogP contribution in [0.1, 0.15) is 6.42 Å². The topological polar surface area (TPSA) is 41.1 Å². The molecular weight excluding hydrogens is 251 g/mol. The van der Waals surface area contributed by atoms with Gasteiger partial charge in [-0.15, -0.1) is 0 Å². The second kappa shape index (κ2) is 6.75. The van der Waals surface area contributed by atoms with Gasteiger partial charge in [-0.3, -0.25) is 4.79 Å². The molecule has 1 fully saturated rings. The third-order valence-corrected chi connectivity index (χ3v) is 4.08. The molecule has 1 amide bonds. The predicted molar refractivity (Wildman–Crippen MR) is 73.3 cm³/mol. The minimum absolute atomic E-state index is 0.133. The first kappa shape index (κ1) is 13.4. The molecule has 1 aliphatic rings. The van der Waals surface area contributed by atoms with Crippen LogP contribution in [0.5, 0.6) is 0 Å². The third-order valence-electron chi connectivity index (χ3n) is 2.85. The van der Waals surface area contributed by atoms with Gasteiger partial charge in [-0.2, -0.15) is 11.8 Å². The number of amides is 1. The highest BCUT2D eigenvalue weighted by Gasteiger charge is 2.15. The molecule has 1 aromatic rings. The Morgan fingerprint density at radius 1 is 1.50 bits per heavy atom. The van der Waals surface area contributed by atoms with Crippen LogP contribution in [0.25, 0.3) is 0 Å². The average molecular weight is 268 g/mol. The third kappa shape index (κ3) is 4.31. The van der Waals surface area contributed by atoms with Crippen molar-refractivity contribution in [2.45, 2.75) is 6.42 Å². The maximum atomic E-state index is 12.9. The molecular formula is C13H17FN2OS. The van der Waals surface area contributed by atoms with Crippen LogP contribution in [0, 0.1) is 11.7 Å². The fourth-order valence-corrected chi connectivity index (χ4v) is 3.19. The van der Waals surface area contributed by atoms with Crippen LogP contribution >= 0.6 is 11.8 Å². The molecule has 0 bridgehead atoms. The summed E-state index contributed by atoms with van der Waals surface area (Å²) in [5.41, 5.74) is 0.498. The van der Waals surface area contributed by atoms with E-state index >= 15 is 0 Å².